The van der Waals surface area contributed by atoms with Crippen LogP contribution in [0.2, 0.25) is 0 Å². The van der Waals surface area contributed by atoms with Crippen molar-refractivity contribution in [2.24, 2.45) is 0 Å². The molecule has 0 radical (unpaired) electrons. The van der Waals surface area contributed by atoms with Crippen LogP contribution < -0.4 is 5.32 Å². The van der Waals surface area contributed by atoms with E-state index in [0.29, 0.717) is 6.04 Å². The molecule has 1 atom stereocenters. The first-order chi connectivity index (χ1) is 9.67. The molecule has 20 heavy (non-hydrogen) atoms. The van der Waals surface area contributed by atoms with Gasteiger partial charge < -0.3 is 5.32 Å². The fourth-order valence-corrected chi connectivity index (χ4v) is 3.63. The lowest BCUT2D eigenvalue weighted by Crippen LogP contribution is -2.24. The Morgan fingerprint density at radius 1 is 1.25 bits per heavy atom. The van der Waals surface area contributed by atoms with Gasteiger partial charge in [0.2, 0.25) is 0 Å². The van der Waals surface area contributed by atoms with Gasteiger partial charge in [-0.15, -0.1) is 23.1 Å². The van der Waals surface area contributed by atoms with Crippen molar-refractivity contribution in [1.29, 1.82) is 0 Å². The topological polar surface area (TPSA) is 24.9 Å². The van der Waals surface area contributed by atoms with Gasteiger partial charge in [-0.2, -0.15) is 0 Å². The van der Waals surface area contributed by atoms with Crippen LogP contribution in [0, 0.1) is 13.8 Å². The van der Waals surface area contributed by atoms with Crippen LogP contribution in [-0.4, -0.2) is 17.3 Å². The smallest absolute Gasteiger partial charge is 0.115 e. The minimum Gasteiger partial charge on any atom is -0.301 e. The summed E-state index contributed by atoms with van der Waals surface area (Å²) in [4.78, 5) is 7.39. The van der Waals surface area contributed by atoms with E-state index < -0.39 is 0 Å². The lowest BCUT2D eigenvalue weighted by molar-refractivity contribution is 0.597. The molecule has 1 saturated carbocycles. The molecule has 0 bridgehead atoms. The molecule has 2 nitrogen and oxygen atoms in total. The predicted octanol–water partition coefficient (Wildman–Crippen LogP) is 4.32. The van der Waals surface area contributed by atoms with Gasteiger partial charge in [0, 0.05) is 15.8 Å². The normalized spacial score (nSPS) is 16.4. The summed E-state index contributed by atoms with van der Waals surface area (Å²) in [6.45, 7) is 4.25. The average molecular weight is 304 g/mol. The van der Waals surface area contributed by atoms with Gasteiger partial charge in [-0.25, -0.2) is 4.98 Å². The number of aryl methyl sites for hydroxylation is 2. The molecule has 1 aromatic carbocycles. The van der Waals surface area contributed by atoms with Crippen LogP contribution in [0.15, 0.2) is 29.2 Å². The highest BCUT2D eigenvalue weighted by molar-refractivity contribution is 7.98. The lowest BCUT2D eigenvalue weighted by atomic mass is 10.1. The summed E-state index contributed by atoms with van der Waals surface area (Å²) < 4.78 is 0. The molecule has 1 heterocycles. The molecule has 1 N–H and O–H groups in total. The van der Waals surface area contributed by atoms with Crippen molar-refractivity contribution in [1.82, 2.24) is 10.3 Å². The van der Waals surface area contributed by atoms with Crippen LogP contribution in [0.25, 0.3) is 0 Å². The van der Waals surface area contributed by atoms with Gasteiger partial charge in [-0.3, -0.25) is 0 Å². The maximum absolute atomic E-state index is 4.76. The summed E-state index contributed by atoms with van der Waals surface area (Å²) in [5.41, 5.74) is 2.48. The summed E-state index contributed by atoms with van der Waals surface area (Å²) in [5.74, 6) is 0. The molecule has 0 aliphatic heterocycles. The van der Waals surface area contributed by atoms with Crippen LogP contribution >= 0.6 is 23.1 Å². The van der Waals surface area contributed by atoms with Crippen molar-refractivity contribution in [3.63, 3.8) is 0 Å². The molecule has 1 aromatic heterocycles. The van der Waals surface area contributed by atoms with Crippen LogP contribution in [-0.2, 0) is 0 Å². The SMILES string of the molecule is CSc1ccc(C(NC2CC2)c2nc(C)c(C)s2)cc1. The highest BCUT2D eigenvalue weighted by atomic mass is 32.2. The van der Waals surface area contributed by atoms with Crippen molar-refractivity contribution in [3.05, 3.63) is 45.4 Å². The van der Waals surface area contributed by atoms with Gasteiger partial charge in [-0.05, 0) is 50.6 Å². The zero-order chi connectivity index (χ0) is 14.1. The Bertz CT molecular complexity index is 566. The lowest BCUT2D eigenvalue weighted by Gasteiger charge is -2.17. The minimum atomic E-state index is 0.246. The van der Waals surface area contributed by atoms with Gasteiger partial charge in [0.05, 0.1) is 11.7 Å². The fourth-order valence-electron chi connectivity index (χ4n) is 2.21. The molecule has 2 aromatic rings. The Morgan fingerprint density at radius 2 is 1.95 bits per heavy atom. The van der Waals surface area contributed by atoms with Crippen LogP contribution in [0.5, 0.6) is 0 Å². The van der Waals surface area contributed by atoms with Crippen LogP contribution in [0.1, 0.15) is 40.0 Å². The molecular formula is C16H20N2S2. The van der Waals surface area contributed by atoms with Gasteiger partial charge in [0.25, 0.3) is 0 Å². The number of benzene rings is 1. The van der Waals surface area contributed by atoms with Crippen LogP contribution in [0.4, 0.5) is 0 Å². The van der Waals surface area contributed by atoms with Crippen molar-refractivity contribution in [3.8, 4) is 0 Å². The molecule has 0 spiro atoms. The molecule has 3 rings (SSSR count). The van der Waals surface area contributed by atoms with E-state index in [1.54, 1.807) is 11.8 Å². The fraction of sp³-hybridized carbons (Fsp3) is 0.438. The van der Waals surface area contributed by atoms with Crippen LogP contribution in [0.3, 0.4) is 0 Å². The van der Waals surface area contributed by atoms with E-state index in [1.807, 2.05) is 11.3 Å². The number of aromatic nitrogens is 1. The number of hydrogen-bond acceptors (Lipinski definition) is 4. The quantitative estimate of drug-likeness (QED) is 0.833. The molecule has 1 unspecified atom stereocenters. The second kappa shape index (κ2) is 5.88. The van der Waals surface area contributed by atoms with E-state index in [-0.39, 0.29) is 6.04 Å². The van der Waals surface area contributed by atoms with Crippen molar-refractivity contribution < 1.29 is 0 Å². The summed E-state index contributed by atoms with van der Waals surface area (Å²) in [6.07, 6.45) is 4.70. The molecule has 1 fully saturated rings. The number of nitrogens with zero attached hydrogens (tertiary/aromatic N) is 1. The summed E-state index contributed by atoms with van der Waals surface area (Å²) in [6, 6.07) is 9.79. The molecular weight excluding hydrogens is 284 g/mol. The van der Waals surface area contributed by atoms with E-state index in [9.17, 15) is 0 Å². The molecule has 0 saturated heterocycles. The van der Waals surface area contributed by atoms with Gasteiger partial charge in [0.15, 0.2) is 0 Å². The van der Waals surface area contributed by atoms with Gasteiger partial charge >= 0.3 is 0 Å². The second-order valence-corrected chi connectivity index (χ2v) is 7.46. The predicted molar refractivity (Wildman–Crippen MR) is 87.8 cm³/mol. The van der Waals surface area contributed by atoms with Crippen molar-refractivity contribution in [2.45, 2.75) is 43.7 Å². The van der Waals surface area contributed by atoms with E-state index in [1.165, 1.54) is 33.2 Å². The van der Waals surface area contributed by atoms with Gasteiger partial charge in [-0.1, -0.05) is 12.1 Å². The average Bonchev–Trinajstić information content (AvgIpc) is 3.22. The molecule has 1 aliphatic carbocycles. The first kappa shape index (κ1) is 14.1. The minimum absolute atomic E-state index is 0.246. The number of thioether (sulfide) groups is 1. The standard InChI is InChI=1S/C16H20N2S2/c1-10-11(2)20-16(17-10)15(18-13-6-7-13)12-4-8-14(19-3)9-5-12/h4-5,8-9,13,15,18H,6-7H2,1-3H3. The summed E-state index contributed by atoms with van der Waals surface area (Å²) in [5, 5.41) is 4.94. The third-order valence-corrected chi connectivity index (χ3v) is 5.60. The van der Waals surface area contributed by atoms with Gasteiger partial charge in [0.1, 0.15) is 5.01 Å². The molecule has 0 amide bonds. The number of nitrogens with one attached hydrogen (secondary N) is 1. The largest absolute Gasteiger partial charge is 0.301 e. The highest BCUT2D eigenvalue weighted by Gasteiger charge is 2.28. The Morgan fingerprint density at radius 3 is 2.45 bits per heavy atom. The van der Waals surface area contributed by atoms with E-state index in [4.69, 9.17) is 4.98 Å². The van der Waals surface area contributed by atoms with Crippen molar-refractivity contribution in [2.75, 3.05) is 6.26 Å². The van der Waals surface area contributed by atoms with E-state index in [2.05, 4.69) is 49.7 Å². The van der Waals surface area contributed by atoms with E-state index >= 15 is 0 Å². The first-order valence-corrected chi connectivity index (χ1v) is 9.05. The monoisotopic (exact) mass is 304 g/mol. The number of hydrogen-bond donors (Lipinski definition) is 1. The Hall–Kier alpha value is -0.840. The zero-order valence-electron chi connectivity index (χ0n) is 12.1. The Balaban J connectivity index is 1.91. The zero-order valence-corrected chi connectivity index (χ0v) is 13.8. The second-order valence-electron chi connectivity index (χ2n) is 5.34. The third-order valence-electron chi connectivity index (χ3n) is 3.72. The maximum Gasteiger partial charge on any atom is 0.115 e. The molecule has 1 aliphatic rings. The highest BCUT2D eigenvalue weighted by Crippen LogP contribution is 2.32. The Labute approximate surface area is 129 Å². The number of rotatable bonds is 5. The Kier molecular flexibility index (Phi) is 4.15. The molecule has 4 heteroatoms. The number of thiazole rings is 1. The first-order valence-electron chi connectivity index (χ1n) is 7.01. The third kappa shape index (κ3) is 3.08. The molecule has 106 valence electrons. The maximum atomic E-state index is 4.76. The summed E-state index contributed by atoms with van der Waals surface area (Å²) >= 11 is 3.60. The summed E-state index contributed by atoms with van der Waals surface area (Å²) in [7, 11) is 0. The van der Waals surface area contributed by atoms with E-state index in [0.717, 1.165) is 5.69 Å². The van der Waals surface area contributed by atoms with Crippen molar-refractivity contribution >= 4 is 23.1 Å².